The molecule has 4 atom stereocenters. The van der Waals surface area contributed by atoms with Gasteiger partial charge in [0.05, 0.1) is 53.3 Å². The van der Waals surface area contributed by atoms with Gasteiger partial charge in [0.25, 0.3) is 0 Å². The molecule has 2 fully saturated rings. The van der Waals surface area contributed by atoms with Gasteiger partial charge in [-0.2, -0.15) is 20.3 Å². The first-order valence-corrected chi connectivity index (χ1v) is 18.6. The molecule has 4 heterocycles. The van der Waals surface area contributed by atoms with Crippen molar-refractivity contribution in [2.45, 2.75) is 121 Å². The van der Waals surface area contributed by atoms with Gasteiger partial charge in [0, 0.05) is 37.0 Å². The zero-order valence-corrected chi connectivity index (χ0v) is 28.9. The topological polar surface area (TPSA) is 83.1 Å². The van der Waals surface area contributed by atoms with Gasteiger partial charge < -0.3 is 9.64 Å². The number of aryl methyl sites for hydroxylation is 2. The molecular weight excluding hydrogens is 625 g/mol. The van der Waals surface area contributed by atoms with Crippen LogP contribution in [0.2, 0.25) is 5.02 Å². The summed E-state index contributed by atoms with van der Waals surface area (Å²) in [7, 11) is 2.25. The summed E-state index contributed by atoms with van der Waals surface area (Å²) in [5, 5.41) is 14.6. The number of halogens is 2. The van der Waals surface area contributed by atoms with Gasteiger partial charge in [0.2, 0.25) is 0 Å². The van der Waals surface area contributed by atoms with E-state index < -0.39 is 6.17 Å². The Balaban J connectivity index is 1.19. The zero-order valence-electron chi connectivity index (χ0n) is 28.2. The third-order valence-electron chi connectivity index (χ3n) is 12.5. The second kappa shape index (κ2) is 12.9. The van der Waals surface area contributed by atoms with Gasteiger partial charge in [-0.05, 0) is 81.9 Å². The van der Waals surface area contributed by atoms with Crippen LogP contribution in [0.3, 0.4) is 0 Å². The number of fused-ring (bicyclic) bond motifs is 5. The molecule has 0 radical (unpaired) electrons. The van der Waals surface area contributed by atoms with Crippen LogP contribution in [-0.2, 0) is 44.4 Å². The lowest BCUT2D eigenvalue weighted by atomic mass is 9.64. The lowest BCUT2D eigenvalue weighted by molar-refractivity contribution is 0.00965. The molecule has 5 aliphatic rings. The number of rotatable bonds is 5. The molecule has 8 rings (SSSR count). The maximum Gasteiger partial charge on any atom is 0.318 e. The van der Waals surface area contributed by atoms with Crippen molar-refractivity contribution in [1.82, 2.24) is 24.6 Å². The molecule has 8 nitrogen and oxygen atoms in total. The highest BCUT2D eigenvalue weighted by Gasteiger charge is 2.47. The van der Waals surface area contributed by atoms with E-state index in [-0.39, 0.29) is 17.4 Å². The summed E-state index contributed by atoms with van der Waals surface area (Å²) in [6.07, 6.45) is 12.3. The minimum absolute atomic E-state index is 0.131. The maximum atomic E-state index is 15.2. The zero-order chi connectivity index (χ0) is 32.9. The molecule has 1 spiro atoms. The molecule has 0 bridgehead atoms. The summed E-state index contributed by atoms with van der Waals surface area (Å²) in [6.45, 7) is 3.29. The van der Waals surface area contributed by atoms with E-state index in [0.29, 0.717) is 48.6 Å². The number of anilines is 1. The molecule has 2 aromatic heterocycles. The Labute approximate surface area is 288 Å². The Bertz CT molecular complexity index is 1720. The van der Waals surface area contributed by atoms with Gasteiger partial charge in [0.1, 0.15) is 12.0 Å². The monoisotopic (exact) mass is 671 g/mol. The fraction of sp³-hybridized carbons (Fsp3) is 0.632. The summed E-state index contributed by atoms with van der Waals surface area (Å²) >= 11 is 6.86. The molecule has 0 N–H and O–H groups in total. The molecule has 0 amide bonds. The average molecular weight is 672 g/mol. The third kappa shape index (κ3) is 5.57. The van der Waals surface area contributed by atoms with Gasteiger partial charge in [-0.1, -0.05) is 55.1 Å². The summed E-state index contributed by atoms with van der Waals surface area (Å²) in [5.74, 6) is 1.39. The van der Waals surface area contributed by atoms with E-state index in [2.05, 4.69) is 47.2 Å². The first-order chi connectivity index (χ1) is 23.4. The highest BCUT2D eigenvalue weighted by molar-refractivity contribution is 6.32. The van der Waals surface area contributed by atoms with Crippen LogP contribution in [-0.4, -0.2) is 51.0 Å². The SMILES string of the molecule is CN1Cc2c(nc(OC[C@@]34CCCCC3CCC[C@H](F)C4)nc2N2CCCn3nc(CC#N)c(Cl)c3C2)C[C@]12CCCc1ccccc12. The van der Waals surface area contributed by atoms with Crippen LogP contribution in [0.15, 0.2) is 24.3 Å². The van der Waals surface area contributed by atoms with E-state index in [9.17, 15) is 5.26 Å². The Morgan fingerprint density at radius 2 is 1.92 bits per heavy atom. The van der Waals surface area contributed by atoms with Crippen molar-refractivity contribution < 1.29 is 9.13 Å². The van der Waals surface area contributed by atoms with Gasteiger partial charge in [-0.25, -0.2) is 4.39 Å². The third-order valence-corrected chi connectivity index (χ3v) is 12.9. The van der Waals surface area contributed by atoms with E-state index >= 15 is 4.39 Å². The largest absolute Gasteiger partial charge is 0.463 e. The normalized spacial score (nSPS) is 28.8. The van der Waals surface area contributed by atoms with Crippen LogP contribution in [0.5, 0.6) is 6.01 Å². The second-order valence-corrected chi connectivity index (χ2v) is 15.6. The molecule has 2 saturated carbocycles. The quantitative estimate of drug-likeness (QED) is 0.278. The van der Waals surface area contributed by atoms with Crippen LogP contribution < -0.4 is 9.64 Å². The first kappa shape index (κ1) is 32.0. The minimum Gasteiger partial charge on any atom is -0.463 e. The molecule has 254 valence electrons. The van der Waals surface area contributed by atoms with Crippen LogP contribution in [0.25, 0.3) is 0 Å². The fourth-order valence-electron chi connectivity index (χ4n) is 10.00. The smallest absolute Gasteiger partial charge is 0.318 e. The molecule has 10 heteroatoms. The number of nitrogens with zero attached hydrogens (tertiary/aromatic N) is 7. The summed E-state index contributed by atoms with van der Waals surface area (Å²) in [4.78, 5) is 15.3. The number of hydrogen-bond acceptors (Lipinski definition) is 7. The van der Waals surface area contributed by atoms with Crippen molar-refractivity contribution in [2.75, 3.05) is 25.1 Å². The van der Waals surface area contributed by atoms with E-state index in [1.165, 1.54) is 17.5 Å². The van der Waals surface area contributed by atoms with Gasteiger partial charge in [0.15, 0.2) is 0 Å². The Hall–Kier alpha value is -3.22. The van der Waals surface area contributed by atoms with Crippen molar-refractivity contribution in [3.63, 3.8) is 0 Å². The Morgan fingerprint density at radius 1 is 1.04 bits per heavy atom. The van der Waals surface area contributed by atoms with Crippen LogP contribution in [0.4, 0.5) is 10.2 Å². The highest BCUT2D eigenvalue weighted by atomic mass is 35.5. The average Bonchev–Trinajstić information content (AvgIpc) is 3.22. The molecular formula is C38H47ClFN7O. The van der Waals surface area contributed by atoms with Gasteiger partial charge in [-0.3, -0.25) is 9.58 Å². The number of ether oxygens (including phenoxy) is 1. The predicted molar refractivity (Wildman–Crippen MR) is 184 cm³/mol. The summed E-state index contributed by atoms with van der Waals surface area (Å²) in [5.41, 5.74) is 6.33. The minimum atomic E-state index is -0.767. The number of hydrogen-bond donors (Lipinski definition) is 0. The molecule has 0 saturated heterocycles. The maximum absolute atomic E-state index is 15.2. The number of nitriles is 1. The Morgan fingerprint density at radius 3 is 2.81 bits per heavy atom. The van der Waals surface area contributed by atoms with E-state index in [1.54, 1.807) is 0 Å². The lowest BCUT2D eigenvalue weighted by Gasteiger charge is -2.49. The van der Waals surface area contributed by atoms with E-state index in [0.717, 1.165) is 107 Å². The van der Waals surface area contributed by atoms with E-state index in [1.807, 2.05) is 4.68 Å². The molecule has 1 aromatic carbocycles. The van der Waals surface area contributed by atoms with Gasteiger partial charge >= 0.3 is 6.01 Å². The van der Waals surface area contributed by atoms with Crippen molar-refractivity contribution in [3.05, 3.63) is 63.1 Å². The molecule has 3 aromatic rings. The Kier molecular flexibility index (Phi) is 8.61. The predicted octanol–water partition coefficient (Wildman–Crippen LogP) is 7.49. The van der Waals surface area contributed by atoms with Crippen LogP contribution in [0.1, 0.15) is 104 Å². The van der Waals surface area contributed by atoms with Crippen molar-refractivity contribution in [3.8, 4) is 12.1 Å². The number of likely N-dealkylation sites (N-methyl/N-ethyl adjacent to an activating group) is 1. The van der Waals surface area contributed by atoms with Crippen molar-refractivity contribution in [2.24, 2.45) is 11.3 Å². The first-order valence-electron chi connectivity index (χ1n) is 18.2. The van der Waals surface area contributed by atoms with Gasteiger partial charge in [-0.15, -0.1) is 0 Å². The number of benzene rings is 1. The number of aromatic nitrogens is 4. The van der Waals surface area contributed by atoms with Crippen molar-refractivity contribution in [1.29, 1.82) is 5.26 Å². The highest BCUT2D eigenvalue weighted by Crippen LogP contribution is 2.51. The standard InChI is InChI=1S/C38H47ClFN7O/c1-45-23-29-32(22-38(45)17-7-10-26-9-2-3-14-30(26)38)42-36(48-25-37-16-5-4-11-27(37)12-6-13-28(40)21-37)43-35(29)46-19-8-20-47-33(24-46)34(39)31(44-47)15-18-41/h2-3,9,14,27-28H,4-8,10-13,15-17,19-25H2,1H3/t27?,28-,37-,38-/m0/s1. The second-order valence-electron chi connectivity index (χ2n) is 15.2. The molecule has 1 unspecified atom stereocenters. The van der Waals surface area contributed by atoms with E-state index in [4.69, 9.17) is 31.4 Å². The lowest BCUT2D eigenvalue weighted by Crippen LogP contribution is -2.51. The molecule has 48 heavy (non-hydrogen) atoms. The number of alkyl halides is 1. The van der Waals surface area contributed by atoms with Crippen LogP contribution in [0, 0.1) is 22.7 Å². The summed E-state index contributed by atoms with van der Waals surface area (Å²) in [6, 6.07) is 11.6. The van der Waals surface area contributed by atoms with Crippen molar-refractivity contribution >= 4 is 17.4 Å². The summed E-state index contributed by atoms with van der Waals surface area (Å²) < 4.78 is 23.9. The van der Waals surface area contributed by atoms with Crippen LogP contribution >= 0.6 is 11.6 Å². The fourth-order valence-corrected chi connectivity index (χ4v) is 10.3. The molecule has 2 aliphatic heterocycles. The molecule has 3 aliphatic carbocycles.